The van der Waals surface area contributed by atoms with E-state index < -0.39 is 0 Å². The maximum absolute atomic E-state index is 6.05. The number of nitrogens with zero attached hydrogens (tertiary/aromatic N) is 1. The van der Waals surface area contributed by atoms with Crippen LogP contribution < -0.4 is 9.47 Å². The second kappa shape index (κ2) is 7.42. The van der Waals surface area contributed by atoms with Crippen molar-refractivity contribution in [3.05, 3.63) is 59.3 Å². The highest BCUT2D eigenvalue weighted by molar-refractivity contribution is 7.99. The average Bonchev–Trinajstić information content (AvgIpc) is 3.47. The first-order valence-corrected chi connectivity index (χ1v) is 11.3. The summed E-state index contributed by atoms with van der Waals surface area (Å²) in [4.78, 5) is 10.7. The van der Waals surface area contributed by atoms with Gasteiger partial charge in [-0.2, -0.15) is 0 Å². The number of rotatable bonds is 5. The molecule has 7 heteroatoms. The molecule has 0 radical (unpaired) electrons. The quantitative estimate of drug-likeness (QED) is 0.421. The molecular weight excluding hydrogens is 396 g/mol. The number of thioether (sulfide) groups is 1. The minimum Gasteiger partial charge on any atom is -0.486 e. The van der Waals surface area contributed by atoms with E-state index in [0.29, 0.717) is 6.61 Å². The van der Waals surface area contributed by atoms with Gasteiger partial charge in [-0.3, -0.25) is 0 Å². The molecule has 1 N–H and O–H groups in total. The normalized spacial score (nSPS) is 15.8. The molecule has 0 aliphatic carbocycles. The van der Waals surface area contributed by atoms with Crippen LogP contribution in [0, 0.1) is 0 Å². The van der Waals surface area contributed by atoms with Crippen LogP contribution in [-0.2, 0) is 0 Å². The zero-order valence-electron chi connectivity index (χ0n) is 14.3. The number of aromatic nitrogens is 2. The van der Waals surface area contributed by atoms with Gasteiger partial charge in [0.25, 0.3) is 0 Å². The molecule has 3 aromatic heterocycles. The second-order valence-electron chi connectivity index (χ2n) is 6.03. The van der Waals surface area contributed by atoms with Gasteiger partial charge in [-0.05, 0) is 35.0 Å². The number of H-pyrrole nitrogens is 1. The van der Waals surface area contributed by atoms with E-state index in [4.69, 9.17) is 14.5 Å². The van der Waals surface area contributed by atoms with Gasteiger partial charge in [-0.1, -0.05) is 36.0 Å². The van der Waals surface area contributed by atoms with Gasteiger partial charge in [0.05, 0.1) is 15.4 Å². The third-order valence-electron chi connectivity index (χ3n) is 4.18. The predicted molar refractivity (Wildman–Crippen MR) is 112 cm³/mol. The molecule has 1 atom stereocenters. The van der Waals surface area contributed by atoms with Gasteiger partial charge in [-0.25, -0.2) is 4.98 Å². The molecule has 27 heavy (non-hydrogen) atoms. The third kappa shape index (κ3) is 3.50. The van der Waals surface area contributed by atoms with Gasteiger partial charge in [0.15, 0.2) is 16.7 Å². The second-order valence-corrected chi connectivity index (χ2v) is 8.93. The maximum Gasteiger partial charge on any atom is 0.166 e. The lowest BCUT2D eigenvalue weighted by atomic mass is 10.2. The molecule has 4 aromatic rings. The van der Waals surface area contributed by atoms with E-state index in [-0.39, 0.29) is 6.10 Å². The first-order valence-electron chi connectivity index (χ1n) is 8.56. The topological polar surface area (TPSA) is 47.1 Å². The largest absolute Gasteiger partial charge is 0.486 e. The fourth-order valence-corrected chi connectivity index (χ4v) is 5.21. The zero-order chi connectivity index (χ0) is 18.1. The highest BCUT2D eigenvalue weighted by Crippen LogP contribution is 2.37. The van der Waals surface area contributed by atoms with E-state index >= 15 is 0 Å². The van der Waals surface area contributed by atoms with Crippen molar-refractivity contribution in [2.75, 3.05) is 12.4 Å². The van der Waals surface area contributed by atoms with Crippen LogP contribution in [0.25, 0.3) is 21.1 Å². The first-order chi connectivity index (χ1) is 13.4. The summed E-state index contributed by atoms with van der Waals surface area (Å²) in [5.74, 6) is 2.40. The molecular formula is C20H16N2O2S3. The summed E-state index contributed by atoms with van der Waals surface area (Å²) in [7, 11) is 0. The standard InChI is InChI=1S/C20H16N2O2S3/c1-2-6-15-14(5-1)23-11-13(24-15)12-27-20-21-18(16-7-3-9-25-16)19(22-20)17-8-4-10-26-17/h1-10,13H,11-12H2,(H,21,22)/t13-/m0/s1. The van der Waals surface area contributed by atoms with Crippen LogP contribution in [0.15, 0.2) is 64.4 Å². The number of thiophene rings is 2. The Morgan fingerprint density at radius 1 is 1.00 bits per heavy atom. The number of imidazole rings is 1. The summed E-state index contributed by atoms with van der Waals surface area (Å²) in [6, 6.07) is 16.2. The molecule has 1 aliphatic rings. The van der Waals surface area contributed by atoms with Crippen LogP contribution >= 0.6 is 34.4 Å². The summed E-state index contributed by atoms with van der Waals surface area (Å²) < 4.78 is 11.9. The molecule has 0 saturated carbocycles. The molecule has 0 bridgehead atoms. The average molecular weight is 413 g/mol. The van der Waals surface area contributed by atoms with Crippen LogP contribution in [-0.4, -0.2) is 28.4 Å². The molecule has 0 saturated heterocycles. The van der Waals surface area contributed by atoms with Crippen LogP contribution in [0.2, 0.25) is 0 Å². The molecule has 1 aromatic carbocycles. The monoisotopic (exact) mass is 412 g/mol. The Labute approximate surface area is 169 Å². The minimum atomic E-state index is 0.00498. The molecule has 136 valence electrons. The van der Waals surface area contributed by atoms with Crippen molar-refractivity contribution in [2.45, 2.75) is 11.3 Å². The van der Waals surface area contributed by atoms with Gasteiger partial charge in [0.2, 0.25) is 0 Å². The molecule has 4 heterocycles. The number of hydrogen-bond acceptors (Lipinski definition) is 6. The number of hydrogen-bond donors (Lipinski definition) is 1. The van der Waals surface area contributed by atoms with E-state index in [0.717, 1.165) is 33.8 Å². The maximum atomic E-state index is 6.05. The van der Waals surface area contributed by atoms with Crippen molar-refractivity contribution in [2.24, 2.45) is 0 Å². The molecule has 0 amide bonds. The Bertz CT molecular complexity index is 974. The van der Waals surface area contributed by atoms with Crippen LogP contribution in [0.4, 0.5) is 0 Å². The highest BCUT2D eigenvalue weighted by atomic mass is 32.2. The molecule has 0 fully saturated rings. The fraction of sp³-hybridized carbons (Fsp3) is 0.150. The number of ether oxygens (including phenoxy) is 2. The van der Waals surface area contributed by atoms with Crippen molar-refractivity contribution in [1.82, 2.24) is 9.97 Å². The zero-order valence-corrected chi connectivity index (χ0v) is 16.7. The lowest BCUT2D eigenvalue weighted by molar-refractivity contribution is 0.107. The Kier molecular flexibility index (Phi) is 4.65. The molecule has 0 spiro atoms. The Morgan fingerprint density at radius 2 is 1.78 bits per heavy atom. The van der Waals surface area contributed by atoms with Crippen molar-refractivity contribution < 1.29 is 9.47 Å². The summed E-state index contributed by atoms with van der Waals surface area (Å²) >= 11 is 5.09. The molecule has 5 rings (SSSR count). The fourth-order valence-electron chi connectivity index (χ4n) is 2.93. The molecule has 0 unspecified atom stereocenters. The lowest BCUT2D eigenvalue weighted by Crippen LogP contribution is -2.31. The van der Waals surface area contributed by atoms with Gasteiger partial charge in [0.1, 0.15) is 18.4 Å². The number of aromatic amines is 1. The smallest absolute Gasteiger partial charge is 0.166 e. The molecule has 1 aliphatic heterocycles. The first kappa shape index (κ1) is 16.9. The van der Waals surface area contributed by atoms with Crippen LogP contribution in [0.5, 0.6) is 11.5 Å². The SMILES string of the molecule is c1csc(-c2nc(SC[C@@H]3COc4ccccc4O3)[nH]c2-c2cccs2)c1. The van der Waals surface area contributed by atoms with Crippen molar-refractivity contribution in [1.29, 1.82) is 0 Å². The van der Waals surface area contributed by atoms with Gasteiger partial charge >= 0.3 is 0 Å². The minimum absolute atomic E-state index is 0.00498. The van der Waals surface area contributed by atoms with E-state index in [1.165, 1.54) is 9.75 Å². The number of fused-ring (bicyclic) bond motifs is 1. The van der Waals surface area contributed by atoms with Crippen molar-refractivity contribution in [3.63, 3.8) is 0 Å². The Balaban J connectivity index is 1.35. The van der Waals surface area contributed by atoms with Gasteiger partial charge < -0.3 is 14.5 Å². The van der Waals surface area contributed by atoms with Gasteiger partial charge in [-0.15, -0.1) is 22.7 Å². The summed E-state index contributed by atoms with van der Waals surface area (Å²) in [6.07, 6.45) is 0.00498. The van der Waals surface area contributed by atoms with Crippen LogP contribution in [0.1, 0.15) is 0 Å². The Hall–Kier alpha value is -2.22. The summed E-state index contributed by atoms with van der Waals surface area (Å²) in [5, 5.41) is 5.08. The third-order valence-corrected chi connectivity index (χ3v) is 6.95. The summed E-state index contributed by atoms with van der Waals surface area (Å²) in [6.45, 7) is 0.556. The van der Waals surface area contributed by atoms with E-state index in [2.05, 4.69) is 40.0 Å². The van der Waals surface area contributed by atoms with E-state index in [1.807, 2.05) is 24.3 Å². The van der Waals surface area contributed by atoms with E-state index in [1.54, 1.807) is 34.4 Å². The van der Waals surface area contributed by atoms with Crippen molar-refractivity contribution in [3.8, 4) is 32.6 Å². The number of para-hydroxylation sites is 2. The predicted octanol–water partition coefficient (Wildman–Crippen LogP) is 5.80. The highest BCUT2D eigenvalue weighted by Gasteiger charge is 2.22. The van der Waals surface area contributed by atoms with Gasteiger partial charge in [0, 0.05) is 5.75 Å². The lowest BCUT2D eigenvalue weighted by Gasteiger charge is -2.25. The Morgan fingerprint density at radius 3 is 2.56 bits per heavy atom. The number of benzene rings is 1. The summed E-state index contributed by atoms with van der Waals surface area (Å²) in [5.41, 5.74) is 2.10. The molecule has 4 nitrogen and oxygen atoms in total. The van der Waals surface area contributed by atoms with Crippen LogP contribution in [0.3, 0.4) is 0 Å². The number of nitrogens with one attached hydrogen (secondary N) is 1. The van der Waals surface area contributed by atoms with Crippen molar-refractivity contribution >= 4 is 34.4 Å². The van der Waals surface area contributed by atoms with E-state index in [9.17, 15) is 0 Å².